The van der Waals surface area contributed by atoms with Gasteiger partial charge in [0, 0.05) is 66.5 Å². The number of hydrogen-bond acceptors (Lipinski definition) is 8. The van der Waals surface area contributed by atoms with Crippen LogP contribution in [0.1, 0.15) is 0 Å². The summed E-state index contributed by atoms with van der Waals surface area (Å²) < 4.78 is 1.04. The molecular weight excluding hydrogens is 412 g/mol. The van der Waals surface area contributed by atoms with Gasteiger partial charge in [0.25, 0.3) is 0 Å². The van der Waals surface area contributed by atoms with Gasteiger partial charge in [0.05, 0.1) is 0 Å². The molecule has 0 amide bonds. The van der Waals surface area contributed by atoms with Crippen LogP contribution in [0.15, 0.2) is 0 Å². The number of piperazine rings is 2. The van der Waals surface area contributed by atoms with E-state index in [1.54, 1.807) is 0 Å². The largest absolute Gasteiger partial charge is 2.00 e. The fourth-order valence-electron chi connectivity index (χ4n) is 2.14. The zero-order valence-electron chi connectivity index (χ0n) is 13.4. The predicted octanol–water partition coefficient (Wildman–Crippen LogP) is -0.862. The predicted molar refractivity (Wildman–Crippen MR) is 104 cm³/mol. The summed E-state index contributed by atoms with van der Waals surface area (Å²) in [6.07, 6.45) is 0. The van der Waals surface area contributed by atoms with Gasteiger partial charge in [0.15, 0.2) is 0 Å². The zero-order chi connectivity index (χ0) is 16.5. The van der Waals surface area contributed by atoms with Gasteiger partial charge in [-0.15, -0.1) is 0 Å². The Balaban J connectivity index is 0.000000403. The smallest absolute Gasteiger partial charge is 0.410 e. The van der Waals surface area contributed by atoms with E-state index in [0.717, 1.165) is 52.4 Å². The van der Waals surface area contributed by atoms with E-state index >= 15 is 0 Å². The first-order valence-electron chi connectivity index (χ1n) is 7.24. The van der Waals surface area contributed by atoms with Crippen molar-refractivity contribution in [3.8, 4) is 0 Å². The molecule has 11 heteroatoms. The Hall–Kier alpha value is 0.579. The first kappa shape index (κ1) is 23.6. The monoisotopic (exact) mass is 436 g/mol. The van der Waals surface area contributed by atoms with Crippen LogP contribution < -0.4 is 10.6 Å². The number of nitrogens with zero attached hydrogens (tertiary/aromatic N) is 4. The third-order valence-corrected chi connectivity index (χ3v) is 4.62. The van der Waals surface area contributed by atoms with Crippen molar-refractivity contribution in [2.24, 2.45) is 0 Å². The third kappa shape index (κ3) is 9.01. The van der Waals surface area contributed by atoms with Gasteiger partial charge < -0.3 is 70.3 Å². The van der Waals surface area contributed by atoms with Gasteiger partial charge in [-0.25, -0.2) is 10.0 Å². The maximum Gasteiger partial charge on any atom is 2.00 e. The molecule has 0 bridgehead atoms. The molecule has 2 rings (SSSR count). The maximum atomic E-state index is 4.88. The van der Waals surface area contributed by atoms with Crippen molar-refractivity contribution < 1.29 is 17.1 Å². The van der Waals surface area contributed by atoms with Gasteiger partial charge >= 0.3 is 17.1 Å². The first-order valence-corrected chi connectivity index (χ1v) is 8.87. The molecule has 23 heavy (non-hydrogen) atoms. The van der Waals surface area contributed by atoms with E-state index in [1.807, 2.05) is 24.1 Å². The summed E-state index contributed by atoms with van der Waals surface area (Å²) in [4.78, 5) is 0. The summed E-state index contributed by atoms with van der Waals surface area (Å²) in [5.41, 5.74) is 0. The van der Waals surface area contributed by atoms with Crippen molar-refractivity contribution >= 4 is 58.3 Å². The molecule has 2 fully saturated rings. The van der Waals surface area contributed by atoms with Crippen molar-refractivity contribution in [3.63, 3.8) is 0 Å². The molecule has 6 nitrogen and oxygen atoms in total. The molecule has 0 atom stereocenters. The summed E-state index contributed by atoms with van der Waals surface area (Å²) in [5.74, 6) is 0. The molecule has 0 aliphatic carbocycles. The Bertz CT molecular complexity index is 329. The molecular formula is C12H24FeN6S4. The van der Waals surface area contributed by atoms with Crippen molar-refractivity contribution in [3.05, 3.63) is 0 Å². The molecule has 2 heterocycles. The topological polar surface area (TPSA) is 37.0 Å². The van der Waals surface area contributed by atoms with Gasteiger partial charge in [0.2, 0.25) is 0 Å². The molecule has 0 radical (unpaired) electrons. The second-order valence-corrected chi connectivity index (χ2v) is 7.05. The first-order chi connectivity index (χ1) is 10.4. The molecule has 0 unspecified atom stereocenters. The van der Waals surface area contributed by atoms with Crippen LogP contribution in [0, 0.1) is 0 Å². The van der Waals surface area contributed by atoms with Crippen LogP contribution in [0.4, 0.5) is 0 Å². The molecule has 0 aromatic carbocycles. The number of nitrogens with one attached hydrogen (secondary N) is 2. The van der Waals surface area contributed by atoms with Crippen molar-refractivity contribution in [1.29, 1.82) is 0 Å². The van der Waals surface area contributed by atoms with Crippen LogP contribution in [0.3, 0.4) is 0 Å². The Kier molecular flexibility index (Phi) is 13.2. The average molecular weight is 436 g/mol. The SMILES string of the molecule is CN(C(=S)[S-])N1CCNCC1.CN(C(=S)[S-])N1CCNCC1.[Fe+2]. The van der Waals surface area contributed by atoms with Gasteiger partial charge in [-0.05, 0) is 8.64 Å². The van der Waals surface area contributed by atoms with E-state index in [9.17, 15) is 0 Å². The minimum Gasteiger partial charge on any atom is -0.410 e. The minimum atomic E-state index is 0. The molecule has 134 valence electrons. The third-order valence-electron chi connectivity index (χ3n) is 3.56. The summed E-state index contributed by atoms with van der Waals surface area (Å²) in [6, 6.07) is 0. The molecule has 2 N–H and O–H groups in total. The summed E-state index contributed by atoms with van der Waals surface area (Å²) in [7, 11) is 3.83. The van der Waals surface area contributed by atoms with E-state index in [4.69, 9.17) is 49.7 Å². The molecule has 0 aromatic rings. The fraction of sp³-hybridized carbons (Fsp3) is 0.833. The molecule has 0 saturated carbocycles. The van der Waals surface area contributed by atoms with E-state index in [1.165, 1.54) is 0 Å². The maximum absolute atomic E-state index is 4.88. The molecule has 2 aliphatic rings. The summed E-state index contributed by atoms with van der Waals surface area (Å²) >= 11 is 19.5. The quantitative estimate of drug-likeness (QED) is 0.325. The number of hydrazine groups is 2. The van der Waals surface area contributed by atoms with Gasteiger partial charge in [-0.1, -0.05) is 0 Å². The Morgan fingerprint density at radius 3 is 1.26 bits per heavy atom. The van der Waals surface area contributed by atoms with Crippen molar-refractivity contribution in [2.75, 3.05) is 66.5 Å². The van der Waals surface area contributed by atoms with E-state index in [2.05, 4.69) is 20.7 Å². The number of thiocarbonyl (C=S) groups is 2. The Morgan fingerprint density at radius 1 is 0.783 bits per heavy atom. The minimum absolute atomic E-state index is 0. The van der Waals surface area contributed by atoms with Crippen molar-refractivity contribution in [1.82, 2.24) is 30.7 Å². The summed E-state index contributed by atoms with van der Waals surface area (Å²) in [6.45, 7) is 8.04. The van der Waals surface area contributed by atoms with Crippen LogP contribution in [0.25, 0.3) is 0 Å². The normalized spacial score (nSPS) is 18.9. The second kappa shape index (κ2) is 12.9. The fourth-order valence-corrected chi connectivity index (χ4v) is 2.60. The van der Waals surface area contributed by atoms with E-state index in [-0.39, 0.29) is 17.1 Å². The van der Waals surface area contributed by atoms with E-state index < -0.39 is 0 Å². The number of rotatable bonds is 2. The van der Waals surface area contributed by atoms with Crippen LogP contribution in [0.5, 0.6) is 0 Å². The van der Waals surface area contributed by atoms with Crippen LogP contribution >= 0.6 is 24.4 Å². The van der Waals surface area contributed by atoms with Crippen LogP contribution in [0.2, 0.25) is 0 Å². The average Bonchev–Trinajstić information content (AvgIpc) is 2.55. The Morgan fingerprint density at radius 2 is 1.04 bits per heavy atom. The van der Waals surface area contributed by atoms with Crippen LogP contribution in [-0.4, -0.2) is 95.1 Å². The molecule has 2 saturated heterocycles. The molecule has 0 aromatic heterocycles. The van der Waals surface area contributed by atoms with E-state index in [0.29, 0.717) is 8.64 Å². The van der Waals surface area contributed by atoms with Gasteiger partial charge in [-0.3, -0.25) is 0 Å². The molecule has 0 spiro atoms. The molecule has 2 aliphatic heterocycles. The number of hydrogen-bond donors (Lipinski definition) is 2. The summed E-state index contributed by atoms with van der Waals surface area (Å²) in [5, 5.41) is 14.6. The standard InChI is InChI=1S/2C6H13N3S2.Fe/c2*1-8(6(10)11)9-4-2-7-3-5-9;/h2*7H,2-5H2,1H3,(H,10,11);/q;;+2/p-2. The van der Waals surface area contributed by atoms with Crippen molar-refractivity contribution in [2.45, 2.75) is 0 Å². The Labute approximate surface area is 171 Å². The van der Waals surface area contributed by atoms with Crippen LogP contribution in [-0.2, 0) is 42.3 Å². The zero-order valence-corrected chi connectivity index (χ0v) is 17.8. The van der Waals surface area contributed by atoms with Gasteiger partial charge in [-0.2, -0.15) is 0 Å². The van der Waals surface area contributed by atoms with Gasteiger partial charge in [0.1, 0.15) is 0 Å². The second-order valence-electron chi connectivity index (χ2n) is 4.99.